The van der Waals surface area contributed by atoms with Crippen molar-refractivity contribution in [2.24, 2.45) is 0 Å². The first-order valence-corrected chi connectivity index (χ1v) is 8.71. The second-order valence-corrected chi connectivity index (χ2v) is 6.40. The van der Waals surface area contributed by atoms with Crippen molar-refractivity contribution in [3.8, 4) is 5.75 Å². The van der Waals surface area contributed by atoms with Crippen molar-refractivity contribution in [3.05, 3.63) is 59.1 Å². The number of urea groups is 1. The first kappa shape index (κ1) is 18.1. The maximum atomic E-state index is 12.5. The third kappa shape index (κ3) is 4.26. The van der Waals surface area contributed by atoms with Gasteiger partial charge in [0.2, 0.25) is 0 Å². The van der Waals surface area contributed by atoms with Crippen LogP contribution in [0.3, 0.4) is 0 Å². The average molecular weight is 374 g/mol. The third-order valence-corrected chi connectivity index (χ3v) is 4.39. The van der Waals surface area contributed by atoms with Gasteiger partial charge in [-0.15, -0.1) is 0 Å². The molecule has 0 aromatic heterocycles. The average Bonchev–Trinajstić information content (AvgIpc) is 3.09. The molecule has 1 fully saturated rings. The Balaban J connectivity index is 1.52. The first-order chi connectivity index (χ1) is 12.5. The van der Waals surface area contributed by atoms with E-state index >= 15 is 0 Å². The van der Waals surface area contributed by atoms with Crippen LogP contribution in [0.15, 0.2) is 48.5 Å². The van der Waals surface area contributed by atoms with Crippen LogP contribution in [-0.2, 0) is 0 Å². The quantitative estimate of drug-likeness (QED) is 0.846. The van der Waals surface area contributed by atoms with Gasteiger partial charge in [-0.2, -0.15) is 0 Å². The molecule has 1 saturated heterocycles. The molecule has 3 amide bonds. The standard InChI is InChI=1S/C19H20ClN3O3/c1-22(12-13-26-17-8-4-15(20)5-9-17)18(24)14-2-6-16(7-3-14)23-11-10-21-19(23)25/h2-9H,10-13H2,1H3,(H,21,25). The van der Waals surface area contributed by atoms with E-state index < -0.39 is 0 Å². The molecule has 2 aromatic rings. The van der Waals surface area contributed by atoms with E-state index in [-0.39, 0.29) is 11.9 Å². The topological polar surface area (TPSA) is 61.9 Å². The highest BCUT2D eigenvalue weighted by Crippen LogP contribution is 2.18. The number of amides is 3. The van der Waals surface area contributed by atoms with Gasteiger partial charge in [0.1, 0.15) is 12.4 Å². The van der Waals surface area contributed by atoms with E-state index in [9.17, 15) is 9.59 Å². The summed E-state index contributed by atoms with van der Waals surface area (Å²) in [7, 11) is 1.73. The number of rotatable bonds is 6. The Morgan fingerprint density at radius 3 is 2.50 bits per heavy atom. The number of carbonyl (C=O) groups excluding carboxylic acids is 2. The summed E-state index contributed by atoms with van der Waals surface area (Å²) in [6, 6.07) is 14.0. The van der Waals surface area contributed by atoms with E-state index in [0.717, 1.165) is 5.69 Å². The third-order valence-electron chi connectivity index (χ3n) is 4.14. The van der Waals surface area contributed by atoms with Crippen LogP contribution < -0.4 is 15.0 Å². The molecule has 1 heterocycles. The normalized spacial score (nSPS) is 13.5. The second kappa shape index (κ2) is 8.10. The molecule has 0 atom stereocenters. The summed E-state index contributed by atoms with van der Waals surface area (Å²) in [6.07, 6.45) is 0. The van der Waals surface area contributed by atoms with Gasteiger partial charge in [0, 0.05) is 36.4 Å². The Labute approximate surface area is 157 Å². The molecule has 0 unspecified atom stereocenters. The Morgan fingerprint density at radius 1 is 1.19 bits per heavy atom. The molecule has 6 nitrogen and oxygen atoms in total. The van der Waals surface area contributed by atoms with Crippen molar-refractivity contribution in [2.75, 3.05) is 38.2 Å². The Kier molecular flexibility index (Phi) is 5.63. The fourth-order valence-electron chi connectivity index (χ4n) is 2.66. The highest BCUT2D eigenvalue weighted by atomic mass is 35.5. The summed E-state index contributed by atoms with van der Waals surface area (Å²) in [5.74, 6) is 0.616. The summed E-state index contributed by atoms with van der Waals surface area (Å²) >= 11 is 5.83. The molecular formula is C19H20ClN3O3. The number of likely N-dealkylation sites (N-methyl/N-ethyl adjacent to an activating group) is 1. The SMILES string of the molecule is CN(CCOc1ccc(Cl)cc1)C(=O)c1ccc(N2CCNC2=O)cc1. The zero-order valence-electron chi connectivity index (χ0n) is 14.4. The number of hydrogen-bond donors (Lipinski definition) is 1. The highest BCUT2D eigenvalue weighted by Gasteiger charge is 2.21. The van der Waals surface area contributed by atoms with Crippen molar-refractivity contribution in [1.29, 1.82) is 0 Å². The molecule has 7 heteroatoms. The van der Waals surface area contributed by atoms with Gasteiger partial charge < -0.3 is 15.0 Å². The van der Waals surface area contributed by atoms with Gasteiger partial charge in [-0.25, -0.2) is 4.79 Å². The monoisotopic (exact) mass is 373 g/mol. The minimum atomic E-state index is -0.111. The highest BCUT2D eigenvalue weighted by molar-refractivity contribution is 6.30. The molecule has 26 heavy (non-hydrogen) atoms. The van der Waals surface area contributed by atoms with Gasteiger partial charge in [-0.1, -0.05) is 11.6 Å². The maximum Gasteiger partial charge on any atom is 0.321 e. The minimum Gasteiger partial charge on any atom is -0.492 e. The number of ether oxygens (including phenoxy) is 1. The van der Waals surface area contributed by atoms with Gasteiger partial charge in [0.15, 0.2) is 0 Å². The smallest absolute Gasteiger partial charge is 0.321 e. The van der Waals surface area contributed by atoms with Crippen LogP contribution in [0, 0.1) is 0 Å². The van der Waals surface area contributed by atoms with Crippen molar-refractivity contribution >= 4 is 29.2 Å². The largest absolute Gasteiger partial charge is 0.492 e. The van der Waals surface area contributed by atoms with Crippen LogP contribution in [0.4, 0.5) is 10.5 Å². The number of halogens is 1. The predicted molar refractivity (Wildman–Crippen MR) is 101 cm³/mol. The molecule has 1 N–H and O–H groups in total. The Morgan fingerprint density at radius 2 is 1.88 bits per heavy atom. The summed E-state index contributed by atoms with van der Waals surface area (Å²) in [5.41, 5.74) is 1.35. The fourth-order valence-corrected chi connectivity index (χ4v) is 2.78. The summed E-state index contributed by atoms with van der Waals surface area (Å²) < 4.78 is 5.61. The van der Waals surface area contributed by atoms with Crippen LogP contribution in [0.2, 0.25) is 5.02 Å². The summed E-state index contributed by atoms with van der Waals surface area (Å²) in [4.78, 5) is 27.4. The summed E-state index contributed by atoms with van der Waals surface area (Å²) in [5, 5.41) is 3.41. The van der Waals surface area contributed by atoms with E-state index in [2.05, 4.69) is 5.32 Å². The number of carbonyl (C=O) groups is 2. The van der Waals surface area contributed by atoms with E-state index in [1.165, 1.54) is 0 Å². The molecule has 0 aliphatic carbocycles. The number of nitrogens with one attached hydrogen (secondary N) is 1. The van der Waals surface area contributed by atoms with Crippen LogP contribution in [0.1, 0.15) is 10.4 Å². The lowest BCUT2D eigenvalue weighted by Gasteiger charge is -2.19. The van der Waals surface area contributed by atoms with E-state index in [0.29, 0.717) is 42.6 Å². The van der Waals surface area contributed by atoms with Gasteiger partial charge in [0.25, 0.3) is 5.91 Å². The maximum absolute atomic E-state index is 12.5. The van der Waals surface area contributed by atoms with Crippen molar-refractivity contribution in [2.45, 2.75) is 0 Å². The molecule has 0 spiro atoms. The molecule has 0 radical (unpaired) electrons. The number of hydrogen-bond acceptors (Lipinski definition) is 3. The van der Waals surface area contributed by atoms with Gasteiger partial charge in [-0.05, 0) is 48.5 Å². The first-order valence-electron chi connectivity index (χ1n) is 8.34. The van der Waals surface area contributed by atoms with Gasteiger partial charge >= 0.3 is 6.03 Å². The zero-order valence-corrected chi connectivity index (χ0v) is 15.2. The molecule has 136 valence electrons. The van der Waals surface area contributed by atoms with Crippen molar-refractivity contribution in [1.82, 2.24) is 10.2 Å². The minimum absolute atomic E-state index is 0.0953. The Hall–Kier alpha value is -2.73. The molecule has 3 rings (SSSR count). The second-order valence-electron chi connectivity index (χ2n) is 5.96. The lowest BCUT2D eigenvalue weighted by molar-refractivity contribution is 0.0774. The molecule has 0 bridgehead atoms. The lowest BCUT2D eigenvalue weighted by Crippen LogP contribution is -2.31. The van der Waals surface area contributed by atoms with Crippen molar-refractivity contribution in [3.63, 3.8) is 0 Å². The van der Waals surface area contributed by atoms with Crippen LogP contribution in [-0.4, -0.2) is 50.1 Å². The van der Waals surface area contributed by atoms with E-state index in [1.807, 2.05) is 0 Å². The molecule has 1 aliphatic rings. The predicted octanol–water partition coefficient (Wildman–Crippen LogP) is 3.02. The van der Waals surface area contributed by atoms with Gasteiger partial charge in [-0.3, -0.25) is 9.69 Å². The zero-order chi connectivity index (χ0) is 18.5. The molecule has 0 saturated carbocycles. The molecular weight excluding hydrogens is 354 g/mol. The number of benzene rings is 2. The fraction of sp³-hybridized carbons (Fsp3) is 0.263. The van der Waals surface area contributed by atoms with Crippen LogP contribution >= 0.6 is 11.6 Å². The van der Waals surface area contributed by atoms with Gasteiger partial charge in [0.05, 0.1) is 6.54 Å². The van der Waals surface area contributed by atoms with E-state index in [1.54, 1.807) is 65.4 Å². The Bertz CT molecular complexity index is 778. The number of anilines is 1. The van der Waals surface area contributed by atoms with Crippen molar-refractivity contribution < 1.29 is 14.3 Å². The van der Waals surface area contributed by atoms with Crippen LogP contribution in [0.5, 0.6) is 5.75 Å². The molecule has 1 aliphatic heterocycles. The lowest BCUT2D eigenvalue weighted by atomic mass is 10.1. The van der Waals surface area contributed by atoms with Crippen LogP contribution in [0.25, 0.3) is 0 Å². The van der Waals surface area contributed by atoms with E-state index in [4.69, 9.17) is 16.3 Å². The number of nitrogens with zero attached hydrogens (tertiary/aromatic N) is 2. The molecule has 2 aromatic carbocycles. The summed E-state index contributed by atoms with van der Waals surface area (Å²) in [6.45, 7) is 2.11.